The number of carbonyl (C=O) groups excluding carboxylic acids is 1. The number of carbonyl (C=O) groups is 1. The molecule has 1 aromatic rings. The van der Waals surface area contributed by atoms with Gasteiger partial charge in [-0.3, -0.25) is 9.69 Å². The van der Waals surface area contributed by atoms with E-state index in [0.29, 0.717) is 18.3 Å². The van der Waals surface area contributed by atoms with Crippen LogP contribution in [-0.2, 0) is 0 Å². The van der Waals surface area contributed by atoms with Crippen LogP contribution in [0.4, 0.5) is 0 Å². The Morgan fingerprint density at radius 1 is 1.53 bits per heavy atom. The van der Waals surface area contributed by atoms with Crippen LogP contribution in [0.3, 0.4) is 0 Å². The van der Waals surface area contributed by atoms with Crippen LogP contribution >= 0.6 is 0 Å². The molecule has 0 spiro atoms. The normalized spacial score (nSPS) is 19.7. The summed E-state index contributed by atoms with van der Waals surface area (Å²) in [5, 5.41) is 12.1. The molecule has 1 fully saturated rings. The van der Waals surface area contributed by atoms with Crippen molar-refractivity contribution in [2.24, 2.45) is 0 Å². The van der Waals surface area contributed by atoms with Crippen LogP contribution in [0.25, 0.3) is 0 Å². The van der Waals surface area contributed by atoms with E-state index < -0.39 is 0 Å². The van der Waals surface area contributed by atoms with E-state index >= 15 is 0 Å². The number of aliphatic hydroxyl groups is 1. The number of nitrogens with one attached hydrogen (secondary N) is 2. The smallest absolute Gasteiger partial charge is 0.267 e. The second-order valence-corrected chi connectivity index (χ2v) is 5.06. The molecule has 0 aromatic carbocycles. The lowest BCUT2D eigenvalue weighted by atomic mass is 10.2. The summed E-state index contributed by atoms with van der Waals surface area (Å²) in [6, 6.07) is 3.94. The van der Waals surface area contributed by atoms with Gasteiger partial charge in [-0.05, 0) is 50.9 Å². The number of aliphatic hydroxyl groups excluding tert-OH is 1. The maximum Gasteiger partial charge on any atom is 0.267 e. The Balaban J connectivity index is 1.56. The number of H-pyrrole nitrogens is 1. The van der Waals surface area contributed by atoms with E-state index in [1.807, 2.05) is 6.07 Å². The van der Waals surface area contributed by atoms with Crippen molar-refractivity contribution in [3.63, 3.8) is 0 Å². The van der Waals surface area contributed by atoms with Crippen LogP contribution in [0.5, 0.6) is 0 Å². The summed E-state index contributed by atoms with van der Waals surface area (Å²) in [4.78, 5) is 16.9. The average molecular weight is 265 g/mol. The van der Waals surface area contributed by atoms with Gasteiger partial charge in [-0.2, -0.15) is 0 Å². The fraction of sp³-hybridized carbons (Fsp3) is 0.643. The van der Waals surface area contributed by atoms with Crippen molar-refractivity contribution < 1.29 is 9.90 Å². The molecule has 0 saturated carbocycles. The first-order valence-electron chi connectivity index (χ1n) is 7.08. The van der Waals surface area contributed by atoms with Gasteiger partial charge in [0, 0.05) is 18.8 Å². The minimum atomic E-state index is -0.0422. The van der Waals surface area contributed by atoms with Crippen LogP contribution in [-0.4, -0.2) is 53.2 Å². The summed E-state index contributed by atoms with van der Waals surface area (Å²) in [7, 11) is 0. The molecule has 1 unspecified atom stereocenters. The molecule has 2 heterocycles. The predicted octanol–water partition coefficient (Wildman–Crippen LogP) is 0.981. The minimum absolute atomic E-state index is 0.0422. The molecule has 1 saturated heterocycles. The van der Waals surface area contributed by atoms with E-state index in [0.717, 1.165) is 32.4 Å². The first-order chi connectivity index (χ1) is 9.31. The molecule has 106 valence electrons. The van der Waals surface area contributed by atoms with Crippen molar-refractivity contribution >= 4 is 5.91 Å². The number of amides is 1. The van der Waals surface area contributed by atoms with E-state index in [9.17, 15) is 9.90 Å². The highest BCUT2D eigenvalue weighted by atomic mass is 16.3. The molecule has 0 aliphatic carbocycles. The van der Waals surface area contributed by atoms with E-state index in [1.54, 1.807) is 12.3 Å². The van der Waals surface area contributed by atoms with Gasteiger partial charge in [0.25, 0.3) is 5.91 Å². The van der Waals surface area contributed by atoms with Gasteiger partial charge >= 0.3 is 0 Å². The molecule has 1 amide bonds. The van der Waals surface area contributed by atoms with Gasteiger partial charge in [0.15, 0.2) is 0 Å². The third kappa shape index (κ3) is 4.08. The van der Waals surface area contributed by atoms with Crippen LogP contribution in [0, 0.1) is 0 Å². The Bertz CT molecular complexity index is 378. The van der Waals surface area contributed by atoms with Crippen molar-refractivity contribution in [3.05, 3.63) is 24.0 Å². The van der Waals surface area contributed by atoms with Crippen molar-refractivity contribution in [2.75, 3.05) is 26.2 Å². The van der Waals surface area contributed by atoms with Crippen molar-refractivity contribution in [2.45, 2.75) is 31.7 Å². The molecule has 1 aliphatic heterocycles. The summed E-state index contributed by atoms with van der Waals surface area (Å²) in [5.41, 5.74) is 0.611. The predicted molar refractivity (Wildman–Crippen MR) is 74.0 cm³/mol. The molecule has 3 N–H and O–H groups in total. The Hall–Kier alpha value is -1.33. The molecule has 0 bridgehead atoms. The summed E-state index contributed by atoms with van der Waals surface area (Å²) in [5.74, 6) is -0.0422. The summed E-state index contributed by atoms with van der Waals surface area (Å²) < 4.78 is 0. The summed E-state index contributed by atoms with van der Waals surface area (Å²) in [6.07, 6.45) is 6.08. The number of likely N-dealkylation sites (tertiary alicyclic amines) is 1. The quantitative estimate of drug-likeness (QED) is 0.644. The molecular formula is C14H23N3O2. The molecule has 19 heavy (non-hydrogen) atoms. The molecule has 1 aromatic heterocycles. The Morgan fingerprint density at radius 3 is 3.16 bits per heavy atom. The highest BCUT2D eigenvalue weighted by Gasteiger charge is 2.22. The first-order valence-corrected chi connectivity index (χ1v) is 7.08. The fourth-order valence-corrected chi connectivity index (χ4v) is 2.60. The maximum atomic E-state index is 11.6. The maximum absolute atomic E-state index is 11.6. The number of hydrogen-bond donors (Lipinski definition) is 3. The van der Waals surface area contributed by atoms with Crippen molar-refractivity contribution in [1.82, 2.24) is 15.2 Å². The van der Waals surface area contributed by atoms with Gasteiger partial charge in [0.1, 0.15) is 5.69 Å². The standard InChI is InChI=1S/C14H23N3O2/c18-11-12-5-4-10-17(12)9-2-1-7-16-14(19)13-6-3-8-15-13/h3,6,8,12,15,18H,1-2,4-5,7,9-11H2,(H,16,19). The highest BCUT2D eigenvalue weighted by molar-refractivity contribution is 5.92. The zero-order valence-electron chi connectivity index (χ0n) is 11.3. The van der Waals surface area contributed by atoms with Gasteiger partial charge < -0.3 is 15.4 Å². The SMILES string of the molecule is O=C(NCCCCN1CCCC1CO)c1ccc[nH]1. The topological polar surface area (TPSA) is 68.4 Å². The number of unbranched alkanes of at least 4 members (excludes halogenated alkanes) is 1. The van der Waals surface area contributed by atoms with Crippen LogP contribution in [0.2, 0.25) is 0 Å². The second kappa shape index (κ2) is 7.31. The average Bonchev–Trinajstić information content (AvgIpc) is 3.09. The molecule has 5 nitrogen and oxygen atoms in total. The van der Waals surface area contributed by atoms with Gasteiger partial charge in [-0.25, -0.2) is 0 Å². The largest absolute Gasteiger partial charge is 0.395 e. The van der Waals surface area contributed by atoms with Crippen molar-refractivity contribution in [3.8, 4) is 0 Å². The van der Waals surface area contributed by atoms with Gasteiger partial charge in [0.05, 0.1) is 6.61 Å². The van der Waals surface area contributed by atoms with Gasteiger partial charge in [0.2, 0.25) is 0 Å². The number of aromatic amines is 1. The lowest BCUT2D eigenvalue weighted by Gasteiger charge is -2.22. The Labute approximate surface area is 114 Å². The van der Waals surface area contributed by atoms with Crippen LogP contribution in [0.15, 0.2) is 18.3 Å². The number of rotatable bonds is 7. The lowest BCUT2D eigenvalue weighted by Crippen LogP contribution is -2.33. The zero-order valence-corrected chi connectivity index (χ0v) is 11.3. The van der Waals surface area contributed by atoms with Gasteiger partial charge in [-0.15, -0.1) is 0 Å². The van der Waals surface area contributed by atoms with Crippen molar-refractivity contribution in [1.29, 1.82) is 0 Å². The van der Waals surface area contributed by atoms with E-state index in [1.165, 1.54) is 6.42 Å². The van der Waals surface area contributed by atoms with E-state index in [4.69, 9.17) is 0 Å². The number of nitrogens with zero attached hydrogens (tertiary/aromatic N) is 1. The first kappa shape index (κ1) is 14.1. The highest BCUT2D eigenvalue weighted by Crippen LogP contribution is 2.16. The molecule has 2 rings (SSSR count). The van der Waals surface area contributed by atoms with Gasteiger partial charge in [-0.1, -0.05) is 0 Å². The second-order valence-electron chi connectivity index (χ2n) is 5.06. The number of hydrogen-bond acceptors (Lipinski definition) is 3. The Morgan fingerprint density at radius 2 is 2.42 bits per heavy atom. The third-order valence-corrected chi connectivity index (χ3v) is 3.71. The molecule has 0 radical (unpaired) electrons. The molecular weight excluding hydrogens is 242 g/mol. The lowest BCUT2D eigenvalue weighted by molar-refractivity contribution is 0.0948. The monoisotopic (exact) mass is 265 g/mol. The van der Waals surface area contributed by atoms with E-state index in [2.05, 4.69) is 15.2 Å². The fourth-order valence-electron chi connectivity index (χ4n) is 2.60. The third-order valence-electron chi connectivity index (χ3n) is 3.71. The molecule has 1 aliphatic rings. The summed E-state index contributed by atoms with van der Waals surface area (Å²) >= 11 is 0. The Kier molecular flexibility index (Phi) is 5.42. The minimum Gasteiger partial charge on any atom is -0.395 e. The van der Waals surface area contributed by atoms with E-state index in [-0.39, 0.29) is 12.5 Å². The molecule has 1 atom stereocenters. The summed E-state index contributed by atoms with van der Waals surface area (Å²) in [6.45, 7) is 3.09. The van der Waals surface area contributed by atoms with Crippen LogP contribution in [0.1, 0.15) is 36.2 Å². The van der Waals surface area contributed by atoms with Crippen LogP contribution < -0.4 is 5.32 Å². The number of aromatic nitrogens is 1. The molecule has 5 heteroatoms. The zero-order chi connectivity index (χ0) is 13.5.